The molecule has 0 aliphatic carbocycles. The standard InChI is InChI=1S/C14H12Cl2O/c15-13-6-7-14(16)12(8-13)10-17-9-11-4-2-1-3-5-11/h1-8H,9-10H2. The molecule has 2 aromatic carbocycles. The zero-order valence-corrected chi connectivity index (χ0v) is 10.7. The second-order valence-corrected chi connectivity index (χ2v) is 4.56. The maximum Gasteiger partial charge on any atom is 0.0736 e. The van der Waals surface area contributed by atoms with E-state index in [0.29, 0.717) is 23.3 Å². The van der Waals surface area contributed by atoms with Crippen molar-refractivity contribution in [3.8, 4) is 0 Å². The normalized spacial score (nSPS) is 10.5. The Hall–Kier alpha value is -1.02. The maximum absolute atomic E-state index is 6.04. The molecule has 0 amide bonds. The van der Waals surface area contributed by atoms with Gasteiger partial charge in [-0.05, 0) is 29.3 Å². The summed E-state index contributed by atoms with van der Waals surface area (Å²) in [7, 11) is 0. The quantitative estimate of drug-likeness (QED) is 0.779. The van der Waals surface area contributed by atoms with Crippen LogP contribution in [-0.2, 0) is 18.0 Å². The van der Waals surface area contributed by atoms with E-state index in [0.717, 1.165) is 11.1 Å². The SMILES string of the molecule is Clc1ccc(Cl)c(COCc2ccccc2)c1. The Morgan fingerprint density at radius 2 is 1.65 bits per heavy atom. The lowest BCUT2D eigenvalue weighted by atomic mass is 10.2. The number of hydrogen-bond acceptors (Lipinski definition) is 1. The van der Waals surface area contributed by atoms with Crippen LogP contribution in [0, 0.1) is 0 Å². The lowest BCUT2D eigenvalue weighted by Crippen LogP contribution is -1.94. The van der Waals surface area contributed by atoms with Crippen LogP contribution in [0.2, 0.25) is 10.0 Å². The lowest BCUT2D eigenvalue weighted by Gasteiger charge is -2.06. The third kappa shape index (κ3) is 3.74. The molecular formula is C14H12Cl2O. The fourth-order valence-electron chi connectivity index (χ4n) is 1.51. The van der Waals surface area contributed by atoms with Gasteiger partial charge in [0.1, 0.15) is 0 Å². The summed E-state index contributed by atoms with van der Waals surface area (Å²) in [6.45, 7) is 1.04. The van der Waals surface area contributed by atoms with E-state index >= 15 is 0 Å². The second kappa shape index (κ2) is 6.06. The molecular weight excluding hydrogens is 255 g/mol. The summed E-state index contributed by atoms with van der Waals surface area (Å²) < 4.78 is 5.60. The molecule has 0 unspecified atom stereocenters. The summed E-state index contributed by atoms with van der Waals surface area (Å²) in [5, 5.41) is 1.36. The van der Waals surface area contributed by atoms with Crippen molar-refractivity contribution in [3.05, 3.63) is 69.7 Å². The highest BCUT2D eigenvalue weighted by Crippen LogP contribution is 2.21. The predicted molar refractivity (Wildman–Crippen MR) is 71.4 cm³/mol. The molecule has 88 valence electrons. The van der Waals surface area contributed by atoms with Crippen LogP contribution in [0.1, 0.15) is 11.1 Å². The van der Waals surface area contributed by atoms with E-state index in [1.807, 2.05) is 36.4 Å². The van der Waals surface area contributed by atoms with Gasteiger partial charge in [-0.2, -0.15) is 0 Å². The van der Waals surface area contributed by atoms with Gasteiger partial charge in [-0.15, -0.1) is 0 Å². The van der Waals surface area contributed by atoms with Crippen LogP contribution in [0.25, 0.3) is 0 Å². The van der Waals surface area contributed by atoms with Crippen molar-refractivity contribution in [2.75, 3.05) is 0 Å². The van der Waals surface area contributed by atoms with Crippen molar-refractivity contribution in [1.82, 2.24) is 0 Å². The van der Waals surface area contributed by atoms with E-state index < -0.39 is 0 Å². The number of ether oxygens (including phenoxy) is 1. The highest BCUT2D eigenvalue weighted by Gasteiger charge is 2.01. The summed E-state index contributed by atoms with van der Waals surface area (Å²) in [4.78, 5) is 0. The Labute approximate surface area is 111 Å². The largest absolute Gasteiger partial charge is 0.372 e. The first-order chi connectivity index (χ1) is 8.25. The fourth-order valence-corrected chi connectivity index (χ4v) is 1.87. The first-order valence-electron chi connectivity index (χ1n) is 5.31. The minimum absolute atomic E-state index is 0.467. The molecule has 3 heteroatoms. The zero-order valence-electron chi connectivity index (χ0n) is 9.20. The first kappa shape index (κ1) is 12.4. The molecule has 0 aromatic heterocycles. The molecule has 0 N–H and O–H groups in total. The van der Waals surface area contributed by atoms with E-state index in [9.17, 15) is 0 Å². The summed E-state index contributed by atoms with van der Waals surface area (Å²) in [5.41, 5.74) is 2.06. The van der Waals surface area contributed by atoms with Gasteiger partial charge in [-0.3, -0.25) is 0 Å². The van der Waals surface area contributed by atoms with Crippen LogP contribution in [0.15, 0.2) is 48.5 Å². The molecule has 1 nitrogen and oxygen atoms in total. The van der Waals surface area contributed by atoms with Crippen molar-refractivity contribution in [2.24, 2.45) is 0 Å². The Bertz CT molecular complexity index is 483. The molecule has 0 heterocycles. The average Bonchev–Trinajstić information content (AvgIpc) is 2.35. The molecule has 0 bridgehead atoms. The minimum Gasteiger partial charge on any atom is -0.372 e. The molecule has 0 aliphatic heterocycles. The minimum atomic E-state index is 0.467. The van der Waals surface area contributed by atoms with E-state index in [2.05, 4.69) is 0 Å². The Morgan fingerprint density at radius 1 is 0.882 bits per heavy atom. The van der Waals surface area contributed by atoms with Crippen molar-refractivity contribution in [1.29, 1.82) is 0 Å². The molecule has 0 saturated carbocycles. The van der Waals surface area contributed by atoms with Crippen LogP contribution in [0.5, 0.6) is 0 Å². The van der Waals surface area contributed by atoms with E-state index in [1.54, 1.807) is 12.1 Å². The van der Waals surface area contributed by atoms with Gasteiger partial charge in [-0.25, -0.2) is 0 Å². The van der Waals surface area contributed by atoms with Crippen molar-refractivity contribution in [2.45, 2.75) is 13.2 Å². The van der Waals surface area contributed by atoms with E-state index in [-0.39, 0.29) is 0 Å². The number of halogens is 2. The van der Waals surface area contributed by atoms with Gasteiger partial charge in [0.15, 0.2) is 0 Å². The van der Waals surface area contributed by atoms with Gasteiger partial charge < -0.3 is 4.74 Å². The average molecular weight is 267 g/mol. The molecule has 0 saturated heterocycles. The van der Waals surface area contributed by atoms with Gasteiger partial charge in [0.25, 0.3) is 0 Å². The molecule has 0 atom stereocenters. The summed E-state index contributed by atoms with van der Waals surface area (Å²) >= 11 is 11.9. The van der Waals surface area contributed by atoms with Crippen LogP contribution in [0.4, 0.5) is 0 Å². The van der Waals surface area contributed by atoms with Crippen LogP contribution in [-0.4, -0.2) is 0 Å². The molecule has 17 heavy (non-hydrogen) atoms. The third-order valence-electron chi connectivity index (χ3n) is 2.38. The second-order valence-electron chi connectivity index (χ2n) is 3.71. The van der Waals surface area contributed by atoms with Crippen molar-refractivity contribution < 1.29 is 4.74 Å². The van der Waals surface area contributed by atoms with E-state index in [1.165, 1.54) is 0 Å². The zero-order chi connectivity index (χ0) is 12.1. The van der Waals surface area contributed by atoms with Gasteiger partial charge in [0, 0.05) is 10.0 Å². The van der Waals surface area contributed by atoms with Crippen molar-refractivity contribution in [3.63, 3.8) is 0 Å². The molecule has 2 rings (SSSR count). The molecule has 0 fully saturated rings. The predicted octanol–water partition coefficient (Wildman–Crippen LogP) is 4.71. The molecule has 0 radical (unpaired) electrons. The third-order valence-corrected chi connectivity index (χ3v) is 2.98. The Kier molecular flexibility index (Phi) is 4.43. The van der Waals surface area contributed by atoms with Crippen LogP contribution in [0.3, 0.4) is 0 Å². The number of hydrogen-bond donors (Lipinski definition) is 0. The first-order valence-corrected chi connectivity index (χ1v) is 6.07. The summed E-state index contributed by atoms with van der Waals surface area (Å²) in [5.74, 6) is 0. The lowest BCUT2D eigenvalue weighted by molar-refractivity contribution is 0.107. The Balaban J connectivity index is 1.92. The fraction of sp³-hybridized carbons (Fsp3) is 0.143. The van der Waals surface area contributed by atoms with Crippen LogP contribution < -0.4 is 0 Å². The Morgan fingerprint density at radius 3 is 2.41 bits per heavy atom. The van der Waals surface area contributed by atoms with Crippen molar-refractivity contribution >= 4 is 23.2 Å². The number of benzene rings is 2. The number of rotatable bonds is 4. The monoisotopic (exact) mass is 266 g/mol. The van der Waals surface area contributed by atoms with Gasteiger partial charge in [0.05, 0.1) is 13.2 Å². The van der Waals surface area contributed by atoms with Gasteiger partial charge in [0.2, 0.25) is 0 Å². The van der Waals surface area contributed by atoms with Gasteiger partial charge >= 0.3 is 0 Å². The smallest absolute Gasteiger partial charge is 0.0736 e. The highest BCUT2D eigenvalue weighted by atomic mass is 35.5. The van der Waals surface area contributed by atoms with E-state index in [4.69, 9.17) is 27.9 Å². The molecule has 0 spiro atoms. The molecule has 2 aromatic rings. The summed E-state index contributed by atoms with van der Waals surface area (Å²) in [6, 6.07) is 15.4. The van der Waals surface area contributed by atoms with Crippen LogP contribution >= 0.6 is 23.2 Å². The summed E-state index contributed by atoms with van der Waals surface area (Å²) in [6.07, 6.45) is 0. The highest BCUT2D eigenvalue weighted by molar-refractivity contribution is 6.33. The maximum atomic E-state index is 6.04. The molecule has 0 aliphatic rings. The topological polar surface area (TPSA) is 9.23 Å². The van der Waals surface area contributed by atoms with Gasteiger partial charge in [-0.1, -0.05) is 53.5 Å².